The van der Waals surface area contributed by atoms with Crippen molar-refractivity contribution in [3.63, 3.8) is 0 Å². The van der Waals surface area contributed by atoms with Gasteiger partial charge in [-0.3, -0.25) is 0 Å². The van der Waals surface area contributed by atoms with E-state index in [2.05, 4.69) is 10.5 Å². The lowest BCUT2D eigenvalue weighted by Crippen LogP contribution is -2.14. The number of alkyl halides is 3. The number of carbonyl (C=O) groups excluding carboxylic acids is 1. The van der Waals surface area contributed by atoms with Crippen LogP contribution in [0.15, 0.2) is 18.2 Å². The first-order valence-electron chi connectivity index (χ1n) is 4.18. The minimum atomic E-state index is -4.53. The van der Waals surface area contributed by atoms with E-state index in [-0.39, 0.29) is 17.9 Å². The second-order valence-electron chi connectivity index (χ2n) is 3.03. The van der Waals surface area contributed by atoms with Crippen molar-refractivity contribution in [2.24, 2.45) is 5.73 Å². The minimum absolute atomic E-state index is 0.167. The summed E-state index contributed by atoms with van der Waals surface area (Å²) in [6, 6.07) is 3.24. The summed E-state index contributed by atoms with van der Waals surface area (Å²) in [5.74, 6) is 0. The summed E-state index contributed by atoms with van der Waals surface area (Å²) in [5.41, 5.74) is 8.69. The molecule has 0 atom stereocenters. The van der Waals surface area contributed by atoms with E-state index < -0.39 is 17.8 Å². The number of hydrogen-bond acceptors (Lipinski definition) is 3. The average molecular weight is 234 g/mol. The van der Waals surface area contributed by atoms with Crippen molar-refractivity contribution < 1.29 is 22.7 Å². The van der Waals surface area contributed by atoms with Gasteiger partial charge in [0.1, 0.15) is 6.61 Å². The SMILES string of the molecule is NC(=O)OCc1ccc(N)c(C(F)(F)F)c1. The maximum Gasteiger partial charge on any atom is 0.418 e. The first-order valence-corrected chi connectivity index (χ1v) is 4.18. The van der Waals surface area contributed by atoms with Crippen LogP contribution in [0.3, 0.4) is 0 Å². The Bertz CT molecular complexity index is 404. The molecule has 1 amide bonds. The normalized spacial score (nSPS) is 11.2. The fourth-order valence-electron chi connectivity index (χ4n) is 1.09. The Morgan fingerprint density at radius 1 is 1.38 bits per heavy atom. The molecule has 0 bridgehead atoms. The van der Waals surface area contributed by atoms with Crippen molar-refractivity contribution in [3.8, 4) is 0 Å². The molecule has 0 aliphatic carbocycles. The number of anilines is 1. The molecule has 7 heteroatoms. The number of hydrogen-bond donors (Lipinski definition) is 2. The molecule has 0 saturated carbocycles. The molecule has 0 unspecified atom stereocenters. The maximum absolute atomic E-state index is 12.4. The molecule has 0 aliphatic heterocycles. The summed E-state index contributed by atoms with van der Waals surface area (Å²) in [5, 5.41) is 0. The number of nitrogens with two attached hydrogens (primary N) is 2. The summed E-state index contributed by atoms with van der Waals surface area (Å²) in [7, 11) is 0. The van der Waals surface area contributed by atoms with Gasteiger partial charge >= 0.3 is 12.3 Å². The van der Waals surface area contributed by atoms with Gasteiger partial charge in [0.25, 0.3) is 0 Å². The molecule has 1 aromatic carbocycles. The molecule has 1 aromatic rings. The number of ether oxygens (including phenoxy) is 1. The second-order valence-corrected chi connectivity index (χ2v) is 3.03. The van der Waals surface area contributed by atoms with Gasteiger partial charge in [-0.15, -0.1) is 0 Å². The Hall–Kier alpha value is -1.92. The van der Waals surface area contributed by atoms with Crippen LogP contribution in [0.1, 0.15) is 11.1 Å². The van der Waals surface area contributed by atoms with Crippen LogP contribution in [0.4, 0.5) is 23.7 Å². The predicted molar refractivity (Wildman–Crippen MR) is 50.2 cm³/mol. The molecule has 4 N–H and O–H groups in total. The minimum Gasteiger partial charge on any atom is -0.445 e. The Balaban J connectivity index is 2.94. The van der Waals surface area contributed by atoms with Crippen LogP contribution < -0.4 is 11.5 Å². The Kier molecular flexibility index (Phi) is 3.26. The molecule has 0 aliphatic rings. The summed E-state index contributed by atoms with van der Waals surface area (Å²) in [6.45, 7) is -0.321. The zero-order valence-electron chi connectivity index (χ0n) is 8.04. The highest BCUT2D eigenvalue weighted by Gasteiger charge is 2.33. The van der Waals surface area contributed by atoms with Crippen LogP contribution in [-0.2, 0) is 17.5 Å². The van der Waals surface area contributed by atoms with E-state index in [1.54, 1.807) is 0 Å². The van der Waals surface area contributed by atoms with Gasteiger partial charge in [0, 0.05) is 5.69 Å². The number of carbonyl (C=O) groups is 1. The highest BCUT2D eigenvalue weighted by atomic mass is 19.4. The molecular weight excluding hydrogens is 225 g/mol. The largest absolute Gasteiger partial charge is 0.445 e. The van der Waals surface area contributed by atoms with E-state index in [4.69, 9.17) is 5.73 Å². The van der Waals surface area contributed by atoms with E-state index in [1.165, 1.54) is 6.07 Å². The zero-order chi connectivity index (χ0) is 12.3. The third kappa shape index (κ3) is 3.04. The monoisotopic (exact) mass is 234 g/mol. The van der Waals surface area contributed by atoms with Gasteiger partial charge < -0.3 is 16.2 Å². The third-order valence-corrected chi connectivity index (χ3v) is 1.80. The number of halogens is 3. The molecule has 0 spiro atoms. The first-order chi connectivity index (χ1) is 7.30. The molecule has 88 valence electrons. The molecule has 1 rings (SSSR count). The summed E-state index contributed by atoms with van der Waals surface area (Å²) < 4.78 is 41.6. The topological polar surface area (TPSA) is 78.3 Å². The van der Waals surface area contributed by atoms with Crippen LogP contribution in [-0.4, -0.2) is 6.09 Å². The van der Waals surface area contributed by atoms with E-state index in [0.717, 1.165) is 12.1 Å². The third-order valence-electron chi connectivity index (χ3n) is 1.80. The zero-order valence-corrected chi connectivity index (χ0v) is 8.04. The van der Waals surface area contributed by atoms with Crippen molar-refractivity contribution in [3.05, 3.63) is 29.3 Å². The van der Waals surface area contributed by atoms with Crippen molar-refractivity contribution in [2.75, 3.05) is 5.73 Å². The van der Waals surface area contributed by atoms with Crippen LogP contribution in [0, 0.1) is 0 Å². The van der Waals surface area contributed by atoms with E-state index >= 15 is 0 Å². The van der Waals surface area contributed by atoms with Gasteiger partial charge in [0.2, 0.25) is 0 Å². The number of amides is 1. The van der Waals surface area contributed by atoms with Gasteiger partial charge in [-0.1, -0.05) is 6.07 Å². The first kappa shape index (κ1) is 12.2. The van der Waals surface area contributed by atoms with Crippen molar-refractivity contribution >= 4 is 11.8 Å². The van der Waals surface area contributed by atoms with Gasteiger partial charge in [-0.2, -0.15) is 13.2 Å². The summed E-state index contributed by atoms with van der Waals surface area (Å²) >= 11 is 0. The highest BCUT2D eigenvalue weighted by molar-refractivity contribution is 5.64. The fourth-order valence-corrected chi connectivity index (χ4v) is 1.09. The lowest BCUT2D eigenvalue weighted by Gasteiger charge is -2.11. The van der Waals surface area contributed by atoms with Crippen molar-refractivity contribution in [2.45, 2.75) is 12.8 Å². The smallest absolute Gasteiger partial charge is 0.418 e. The molecule has 4 nitrogen and oxygen atoms in total. The van der Waals surface area contributed by atoms with Crippen LogP contribution in [0.5, 0.6) is 0 Å². The summed E-state index contributed by atoms with van der Waals surface area (Å²) in [6.07, 6.45) is -5.59. The van der Waals surface area contributed by atoms with E-state index in [9.17, 15) is 18.0 Å². The molecule has 0 fully saturated rings. The lowest BCUT2D eigenvalue weighted by atomic mass is 10.1. The van der Waals surface area contributed by atoms with Crippen LogP contribution in [0.2, 0.25) is 0 Å². The number of rotatable bonds is 2. The average Bonchev–Trinajstić information content (AvgIpc) is 2.14. The van der Waals surface area contributed by atoms with Crippen molar-refractivity contribution in [1.82, 2.24) is 0 Å². The Morgan fingerprint density at radius 3 is 2.50 bits per heavy atom. The van der Waals surface area contributed by atoms with E-state index in [1.807, 2.05) is 0 Å². The highest BCUT2D eigenvalue weighted by Crippen LogP contribution is 2.34. The molecule has 0 saturated heterocycles. The van der Waals surface area contributed by atoms with Crippen LogP contribution >= 0.6 is 0 Å². The molecule has 0 aromatic heterocycles. The molecule has 0 heterocycles. The molecular formula is C9H9F3N2O2. The van der Waals surface area contributed by atoms with Gasteiger partial charge in [0.05, 0.1) is 5.56 Å². The molecule has 16 heavy (non-hydrogen) atoms. The lowest BCUT2D eigenvalue weighted by molar-refractivity contribution is -0.137. The van der Waals surface area contributed by atoms with Crippen molar-refractivity contribution in [1.29, 1.82) is 0 Å². The van der Waals surface area contributed by atoms with Crippen LogP contribution in [0.25, 0.3) is 0 Å². The quantitative estimate of drug-likeness (QED) is 0.767. The summed E-state index contributed by atoms with van der Waals surface area (Å²) in [4.78, 5) is 10.3. The Morgan fingerprint density at radius 2 is 2.00 bits per heavy atom. The number of benzene rings is 1. The standard InChI is InChI=1S/C9H9F3N2O2/c10-9(11,12)6-3-5(1-2-7(6)13)4-16-8(14)15/h1-3H,4,13H2,(H2,14,15). The van der Waals surface area contributed by atoms with Gasteiger partial charge in [0.15, 0.2) is 0 Å². The van der Waals surface area contributed by atoms with Gasteiger partial charge in [-0.05, 0) is 17.7 Å². The second kappa shape index (κ2) is 4.30. The number of nitrogen functional groups attached to an aromatic ring is 1. The fraction of sp³-hybridized carbons (Fsp3) is 0.222. The maximum atomic E-state index is 12.4. The van der Waals surface area contributed by atoms with E-state index in [0.29, 0.717) is 0 Å². The Labute approximate surface area is 89.0 Å². The number of primary amides is 1. The molecule has 0 radical (unpaired) electrons. The van der Waals surface area contributed by atoms with Gasteiger partial charge in [-0.25, -0.2) is 4.79 Å². The predicted octanol–water partition coefficient (Wildman–Crippen LogP) is 1.88.